The van der Waals surface area contributed by atoms with Gasteiger partial charge in [0, 0.05) is 6.07 Å². The van der Waals surface area contributed by atoms with Gasteiger partial charge in [0.15, 0.2) is 5.69 Å². The molecule has 1 aromatic heterocycles. The number of hydrogen-bond acceptors (Lipinski definition) is 2. The van der Waals surface area contributed by atoms with Crippen molar-refractivity contribution in [1.82, 2.24) is 15.5 Å². The minimum atomic E-state index is -4.74. The number of alkyl halides is 7. The average molecular weight is 423 g/mol. The fourth-order valence-electron chi connectivity index (χ4n) is 2.89. The van der Waals surface area contributed by atoms with E-state index in [1.807, 2.05) is 0 Å². The Hall–Kier alpha value is -2.59. The largest absolute Gasteiger partial charge is 0.432 e. The molecule has 0 unspecified atom stereocenters. The number of H-pyrrole nitrogens is 1. The van der Waals surface area contributed by atoms with Crippen LogP contribution in [0.15, 0.2) is 24.3 Å². The molecule has 1 fully saturated rings. The fraction of sp³-hybridized carbons (Fsp3) is 0.444. The van der Waals surface area contributed by atoms with Gasteiger partial charge in [-0.05, 0) is 49.9 Å². The Morgan fingerprint density at radius 1 is 0.966 bits per heavy atom. The van der Waals surface area contributed by atoms with Crippen LogP contribution >= 0.6 is 0 Å². The normalized spacial score (nSPS) is 16.6. The van der Waals surface area contributed by atoms with Gasteiger partial charge in [-0.1, -0.05) is 6.07 Å². The predicted octanol–water partition coefficient (Wildman–Crippen LogP) is 5.07. The third-order valence-electron chi connectivity index (χ3n) is 4.72. The Morgan fingerprint density at radius 2 is 1.55 bits per heavy atom. The van der Waals surface area contributed by atoms with E-state index in [0.29, 0.717) is 12.1 Å². The number of benzene rings is 1. The quantitative estimate of drug-likeness (QED) is 0.675. The third kappa shape index (κ3) is 4.38. The third-order valence-corrected chi connectivity index (χ3v) is 4.72. The van der Waals surface area contributed by atoms with Crippen molar-refractivity contribution in [1.29, 1.82) is 0 Å². The summed E-state index contributed by atoms with van der Waals surface area (Å²) in [4.78, 5) is 12.3. The van der Waals surface area contributed by atoms with Gasteiger partial charge >= 0.3 is 12.4 Å². The Kier molecular flexibility index (Phi) is 4.71. The van der Waals surface area contributed by atoms with E-state index >= 15 is 0 Å². The maximum atomic E-state index is 14.3. The van der Waals surface area contributed by atoms with E-state index in [4.69, 9.17) is 0 Å². The first-order chi connectivity index (χ1) is 13.1. The zero-order valence-corrected chi connectivity index (χ0v) is 15.2. The van der Waals surface area contributed by atoms with Gasteiger partial charge in [-0.25, -0.2) is 4.39 Å². The molecule has 1 saturated carbocycles. The van der Waals surface area contributed by atoms with Crippen LogP contribution in [0.2, 0.25) is 0 Å². The maximum Gasteiger partial charge on any atom is 0.432 e. The molecule has 2 N–H and O–H groups in total. The lowest BCUT2D eigenvalue weighted by Gasteiger charge is -2.23. The van der Waals surface area contributed by atoms with Crippen LogP contribution < -0.4 is 5.32 Å². The summed E-state index contributed by atoms with van der Waals surface area (Å²) in [5, 5.41) is 7.44. The van der Waals surface area contributed by atoms with Gasteiger partial charge in [-0.15, -0.1) is 0 Å². The highest BCUT2D eigenvalue weighted by Crippen LogP contribution is 2.48. The number of nitrogens with one attached hydrogen (secondary N) is 2. The van der Waals surface area contributed by atoms with Gasteiger partial charge < -0.3 is 5.32 Å². The second-order valence-corrected chi connectivity index (χ2v) is 7.47. The van der Waals surface area contributed by atoms with E-state index in [1.54, 1.807) is 5.10 Å². The van der Waals surface area contributed by atoms with Crippen LogP contribution in [0.4, 0.5) is 30.7 Å². The van der Waals surface area contributed by atoms with Crippen molar-refractivity contribution < 1.29 is 35.5 Å². The van der Waals surface area contributed by atoms with Crippen LogP contribution in [-0.4, -0.2) is 16.1 Å². The summed E-state index contributed by atoms with van der Waals surface area (Å²) >= 11 is 0. The Balaban J connectivity index is 1.94. The van der Waals surface area contributed by atoms with Gasteiger partial charge in [0.2, 0.25) is 0 Å². The van der Waals surface area contributed by atoms with E-state index in [1.165, 1.54) is 6.07 Å². The number of nitrogens with zero attached hydrogens (tertiary/aromatic N) is 1. The molecule has 1 aromatic carbocycles. The number of aromatic amines is 1. The molecule has 158 valence electrons. The molecule has 1 aliphatic rings. The molecule has 0 spiro atoms. The molecule has 4 nitrogen and oxygen atoms in total. The van der Waals surface area contributed by atoms with Crippen LogP contribution in [0.1, 0.15) is 59.6 Å². The number of rotatable bonds is 4. The Bertz CT molecular complexity index is 902. The molecular weight excluding hydrogens is 407 g/mol. The second kappa shape index (κ2) is 6.46. The standard InChI is InChI=1S/C18H16F7N3O/c1-15(2,19)9-5-10(7-11(6-9)17(20,21)22)16(3-4-16)26-14(29)12-8-13(28-27-12)18(23,24)25/h5-8H,3-4H2,1-2H3,(H,26,29)(H,27,28). The number of halogens is 7. The zero-order chi connectivity index (χ0) is 21.8. The lowest BCUT2D eigenvalue weighted by atomic mass is 9.91. The van der Waals surface area contributed by atoms with Crippen molar-refractivity contribution in [2.45, 2.75) is 50.2 Å². The molecule has 0 atom stereocenters. The van der Waals surface area contributed by atoms with E-state index in [9.17, 15) is 35.5 Å². The summed E-state index contributed by atoms with van der Waals surface area (Å²) in [6.45, 7) is 2.21. The SMILES string of the molecule is CC(C)(F)c1cc(C(F)(F)F)cc(C2(NC(=O)c3cc(C(F)(F)F)[nH]n3)CC2)c1. The molecular formula is C18H16F7N3O. The van der Waals surface area contributed by atoms with Crippen molar-refractivity contribution >= 4 is 5.91 Å². The first kappa shape index (κ1) is 21.1. The first-order valence-corrected chi connectivity index (χ1v) is 8.49. The summed E-state index contributed by atoms with van der Waals surface area (Å²) in [6, 6.07) is 3.25. The molecule has 11 heteroatoms. The zero-order valence-electron chi connectivity index (χ0n) is 15.2. The van der Waals surface area contributed by atoms with Crippen molar-refractivity contribution in [2.75, 3.05) is 0 Å². The van der Waals surface area contributed by atoms with E-state index in [-0.39, 0.29) is 24.0 Å². The number of carbonyl (C=O) groups excluding carboxylic acids is 1. The lowest BCUT2D eigenvalue weighted by Crippen LogP contribution is -2.35. The van der Waals surface area contributed by atoms with Crippen LogP contribution in [0.5, 0.6) is 0 Å². The summed E-state index contributed by atoms with van der Waals surface area (Å²) in [5.41, 5.74) is -6.34. The number of hydrogen-bond donors (Lipinski definition) is 2. The predicted molar refractivity (Wildman–Crippen MR) is 87.5 cm³/mol. The van der Waals surface area contributed by atoms with Gasteiger partial charge in [-0.2, -0.15) is 31.4 Å². The number of carbonyl (C=O) groups is 1. The van der Waals surface area contributed by atoms with Crippen LogP contribution in [0.3, 0.4) is 0 Å². The summed E-state index contributed by atoms with van der Waals surface area (Å²) < 4.78 is 92.1. The van der Waals surface area contributed by atoms with Gasteiger partial charge in [-0.3, -0.25) is 9.89 Å². The molecule has 0 bridgehead atoms. The number of aromatic nitrogens is 2. The smallest absolute Gasteiger partial charge is 0.341 e. The van der Waals surface area contributed by atoms with Gasteiger partial charge in [0.1, 0.15) is 11.4 Å². The maximum absolute atomic E-state index is 14.3. The molecule has 3 rings (SSSR count). The second-order valence-electron chi connectivity index (χ2n) is 7.47. The van der Waals surface area contributed by atoms with Gasteiger partial charge in [0.25, 0.3) is 5.91 Å². The summed E-state index contributed by atoms with van der Waals surface area (Å²) in [7, 11) is 0. The minimum absolute atomic E-state index is 0.0352. The Morgan fingerprint density at radius 3 is 2.00 bits per heavy atom. The highest BCUT2D eigenvalue weighted by atomic mass is 19.4. The topological polar surface area (TPSA) is 57.8 Å². The lowest BCUT2D eigenvalue weighted by molar-refractivity contribution is -0.141. The molecule has 1 heterocycles. The molecule has 0 radical (unpaired) electrons. The van der Waals surface area contributed by atoms with E-state index in [0.717, 1.165) is 19.9 Å². The Labute approximate surface area is 160 Å². The summed E-state index contributed by atoms with van der Waals surface area (Å²) in [5.74, 6) is -0.979. The minimum Gasteiger partial charge on any atom is -0.341 e. The monoisotopic (exact) mass is 423 g/mol. The molecule has 2 aromatic rings. The van der Waals surface area contributed by atoms with Crippen LogP contribution in [-0.2, 0) is 23.6 Å². The van der Waals surface area contributed by atoms with Crippen molar-refractivity contribution in [3.8, 4) is 0 Å². The van der Waals surface area contributed by atoms with Gasteiger partial charge in [0.05, 0.1) is 11.1 Å². The van der Waals surface area contributed by atoms with Crippen LogP contribution in [0, 0.1) is 0 Å². The van der Waals surface area contributed by atoms with Crippen molar-refractivity contribution in [3.63, 3.8) is 0 Å². The highest BCUT2D eigenvalue weighted by molar-refractivity contribution is 5.93. The average Bonchev–Trinajstić information content (AvgIpc) is 3.16. The van der Waals surface area contributed by atoms with E-state index < -0.39 is 46.4 Å². The molecule has 29 heavy (non-hydrogen) atoms. The molecule has 1 aliphatic carbocycles. The first-order valence-electron chi connectivity index (χ1n) is 8.49. The van der Waals surface area contributed by atoms with Crippen LogP contribution in [0.25, 0.3) is 0 Å². The molecule has 1 amide bonds. The summed E-state index contributed by atoms with van der Waals surface area (Å²) in [6.07, 6.45) is -8.96. The van der Waals surface area contributed by atoms with Crippen molar-refractivity contribution in [2.24, 2.45) is 0 Å². The fourth-order valence-corrected chi connectivity index (χ4v) is 2.89. The van der Waals surface area contributed by atoms with Crippen molar-refractivity contribution in [3.05, 3.63) is 52.3 Å². The number of amides is 1. The highest BCUT2D eigenvalue weighted by Gasteiger charge is 2.48. The van der Waals surface area contributed by atoms with E-state index in [2.05, 4.69) is 10.4 Å². The molecule has 0 aliphatic heterocycles. The molecule has 0 saturated heterocycles.